The van der Waals surface area contributed by atoms with Crippen LogP contribution in [0.15, 0.2) is 60.7 Å². The lowest BCUT2D eigenvalue weighted by Crippen LogP contribution is -2.53. The zero-order valence-corrected chi connectivity index (χ0v) is 28.5. The van der Waals surface area contributed by atoms with Crippen LogP contribution in [0.25, 0.3) is 0 Å². The fourth-order valence-electron chi connectivity index (χ4n) is 4.04. The van der Waals surface area contributed by atoms with Gasteiger partial charge in [0.25, 0.3) is 0 Å². The molecule has 2 aromatic rings. The molecule has 0 heterocycles. The second kappa shape index (κ2) is 13.2. The average Bonchev–Trinajstić information content (AvgIpc) is 2.86. The largest absolute Gasteiger partial charge is 0.445 e. The van der Waals surface area contributed by atoms with Crippen LogP contribution >= 0.6 is 0 Å². The molecule has 0 aliphatic rings. The molecule has 1 amide bonds. The SMILES string of the molecule is CC(C)C(C)(C)[Si](C)(C)OC[C@H]([C@H](O[Si](C)(C)C(C)(C)C)c1ccccc1)N(C)C(=O)OCc1ccccc1. The first-order chi connectivity index (χ1) is 17.9. The fourth-order valence-corrected chi connectivity index (χ4v) is 7.67. The highest BCUT2D eigenvalue weighted by atomic mass is 28.4. The Labute approximate surface area is 240 Å². The fraction of sp³-hybridized carbons (Fsp3) is 0.594. The lowest BCUT2D eigenvalue weighted by atomic mass is 9.99. The predicted molar refractivity (Wildman–Crippen MR) is 168 cm³/mol. The van der Waals surface area contributed by atoms with Crippen molar-refractivity contribution in [2.75, 3.05) is 13.7 Å². The van der Waals surface area contributed by atoms with Crippen LogP contribution in [-0.4, -0.2) is 47.3 Å². The number of benzene rings is 2. The minimum Gasteiger partial charge on any atom is -0.445 e. The number of amides is 1. The maximum absolute atomic E-state index is 13.5. The number of likely N-dealkylation sites (N-methyl/N-ethyl adjacent to an activating group) is 1. The van der Waals surface area contributed by atoms with E-state index in [1.807, 2.05) is 55.6 Å². The predicted octanol–water partition coefficient (Wildman–Crippen LogP) is 9.04. The number of nitrogens with zero attached hydrogens (tertiary/aromatic N) is 1. The van der Waals surface area contributed by atoms with Crippen LogP contribution in [0.2, 0.25) is 36.3 Å². The van der Waals surface area contributed by atoms with Crippen molar-refractivity contribution in [2.45, 2.75) is 103 Å². The number of rotatable bonds is 12. The van der Waals surface area contributed by atoms with Gasteiger partial charge in [-0.05, 0) is 53.3 Å². The van der Waals surface area contributed by atoms with Crippen molar-refractivity contribution in [3.63, 3.8) is 0 Å². The molecule has 0 bridgehead atoms. The van der Waals surface area contributed by atoms with E-state index in [1.165, 1.54) is 0 Å². The number of carbonyl (C=O) groups excluding carboxylic acids is 1. The molecule has 0 saturated heterocycles. The molecular weight excluding hydrogens is 519 g/mol. The summed E-state index contributed by atoms with van der Waals surface area (Å²) in [5.74, 6) is 0.472. The van der Waals surface area contributed by atoms with Crippen molar-refractivity contribution in [2.24, 2.45) is 5.92 Å². The van der Waals surface area contributed by atoms with Crippen LogP contribution in [0.4, 0.5) is 4.79 Å². The van der Waals surface area contributed by atoms with Gasteiger partial charge in [0, 0.05) is 7.05 Å². The summed E-state index contributed by atoms with van der Waals surface area (Å²) >= 11 is 0. The van der Waals surface area contributed by atoms with E-state index in [4.69, 9.17) is 13.6 Å². The van der Waals surface area contributed by atoms with E-state index in [2.05, 4.69) is 86.8 Å². The Kier molecular flexibility index (Phi) is 11.2. The minimum atomic E-state index is -2.22. The maximum atomic E-state index is 13.5. The summed E-state index contributed by atoms with van der Waals surface area (Å²) in [4.78, 5) is 15.2. The van der Waals surface area contributed by atoms with Crippen molar-refractivity contribution in [3.05, 3.63) is 71.8 Å². The smallest absolute Gasteiger partial charge is 0.410 e. The van der Waals surface area contributed by atoms with Gasteiger partial charge in [-0.2, -0.15) is 0 Å². The maximum Gasteiger partial charge on any atom is 0.410 e. The van der Waals surface area contributed by atoms with Gasteiger partial charge in [0.05, 0.1) is 18.8 Å². The van der Waals surface area contributed by atoms with Crippen LogP contribution < -0.4 is 0 Å². The molecule has 5 nitrogen and oxygen atoms in total. The summed E-state index contributed by atoms with van der Waals surface area (Å²) in [6.07, 6.45) is -0.733. The van der Waals surface area contributed by atoms with Crippen LogP contribution in [-0.2, 0) is 20.2 Å². The van der Waals surface area contributed by atoms with Gasteiger partial charge in [-0.3, -0.25) is 0 Å². The first kappa shape index (κ1) is 33.3. The standard InChI is InChI=1S/C32H53NO4Si2/c1-25(2)32(6,7)39(11,12)36-24-28(33(8)30(34)35-23-26-19-15-13-16-20-26)29(27-21-17-14-18-22-27)37-38(9,10)31(3,4)5/h13-22,25,28-29H,23-24H2,1-12H3/t28-,29-/m1/s1. The van der Waals surface area contributed by atoms with E-state index < -0.39 is 16.6 Å². The third kappa shape index (κ3) is 8.52. The van der Waals surface area contributed by atoms with E-state index >= 15 is 0 Å². The van der Waals surface area contributed by atoms with E-state index in [-0.39, 0.29) is 34.9 Å². The van der Waals surface area contributed by atoms with E-state index in [0.717, 1.165) is 11.1 Å². The number of carbonyl (C=O) groups is 1. The number of ether oxygens (including phenoxy) is 1. The average molecular weight is 572 g/mol. The highest BCUT2D eigenvalue weighted by molar-refractivity contribution is 6.74. The molecular formula is C32H53NO4Si2. The third-order valence-corrected chi connectivity index (χ3v) is 18.3. The molecule has 0 aliphatic heterocycles. The molecule has 218 valence electrons. The molecule has 0 spiro atoms. The lowest BCUT2D eigenvalue weighted by molar-refractivity contribution is 0.0240. The minimum absolute atomic E-state index is 0.00544. The Morgan fingerprint density at radius 2 is 1.36 bits per heavy atom. The first-order valence-electron chi connectivity index (χ1n) is 14.2. The summed E-state index contributed by atoms with van der Waals surface area (Å²) in [5, 5.41) is 0.0535. The van der Waals surface area contributed by atoms with Gasteiger partial charge < -0.3 is 18.5 Å². The lowest BCUT2D eigenvalue weighted by Gasteiger charge is -2.46. The molecule has 0 radical (unpaired) electrons. The Morgan fingerprint density at radius 3 is 1.85 bits per heavy atom. The van der Waals surface area contributed by atoms with Gasteiger partial charge in [-0.25, -0.2) is 4.79 Å². The van der Waals surface area contributed by atoms with Crippen molar-refractivity contribution in [1.29, 1.82) is 0 Å². The van der Waals surface area contributed by atoms with E-state index in [1.54, 1.807) is 4.90 Å². The van der Waals surface area contributed by atoms with Gasteiger partial charge in [0.15, 0.2) is 16.6 Å². The van der Waals surface area contributed by atoms with Crippen molar-refractivity contribution >= 4 is 22.7 Å². The van der Waals surface area contributed by atoms with Gasteiger partial charge in [0.1, 0.15) is 6.61 Å². The normalized spacial score (nSPS) is 14.7. The Hall–Kier alpha value is -1.94. The Balaban J connectivity index is 2.48. The highest BCUT2D eigenvalue weighted by Crippen LogP contribution is 2.45. The summed E-state index contributed by atoms with van der Waals surface area (Å²) in [6.45, 7) is 25.5. The summed E-state index contributed by atoms with van der Waals surface area (Å²) < 4.78 is 19.8. The molecule has 0 unspecified atom stereocenters. The van der Waals surface area contributed by atoms with Crippen molar-refractivity contribution < 1.29 is 18.4 Å². The zero-order valence-electron chi connectivity index (χ0n) is 26.5. The monoisotopic (exact) mass is 571 g/mol. The summed E-state index contributed by atoms with van der Waals surface area (Å²) in [5.41, 5.74) is 2.00. The third-order valence-electron chi connectivity index (χ3n) is 9.31. The molecule has 2 aromatic carbocycles. The molecule has 39 heavy (non-hydrogen) atoms. The number of hydrogen-bond acceptors (Lipinski definition) is 4. The first-order valence-corrected chi connectivity index (χ1v) is 20.0. The molecule has 2 rings (SSSR count). The van der Waals surface area contributed by atoms with Crippen molar-refractivity contribution in [3.8, 4) is 0 Å². The molecule has 2 atom stereocenters. The second-order valence-corrected chi connectivity index (χ2v) is 23.0. The zero-order chi connectivity index (χ0) is 29.6. The van der Waals surface area contributed by atoms with Crippen molar-refractivity contribution in [1.82, 2.24) is 4.90 Å². The van der Waals surface area contributed by atoms with E-state index in [9.17, 15) is 4.79 Å². The van der Waals surface area contributed by atoms with Crippen LogP contribution in [0.1, 0.15) is 65.7 Å². The van der Waals surface area contributed by atoms with Gasteiger partial charge in [0.2, 0.25) is 0 Å². The highest BCUT2D eigenvalue weighted by Gasteiger charge is 2.46. The molecule has 0 aliphatic carbocycles. The summed E-state index contributed by atoms with van der Waals surface area (Å²) in [7, 11) is -2.58. The number of hydrogen-bond donors (Lipinski definition) is 0. The summed E-state index contributed by atoms with van der Waals surface area (Å²) in [6, 6.07) is 19.7. The molecule has 0 fully saturated rings. The van der Waals surface area contributed by atoms with Gasteiger partial charge in [-0.15, -0.1) is 0 Å². The quantitative estimate of drug-likeness (QED) is 0.238. The molecule has 0 saturated carbocycles. The van der Waals surface area contributed by atoms with E-state index in [0.29, 0.717) is 12.5 Å². The molecule has 0 aromatic heterocycles. The Morgan fingerprint density at radius 1 is 0.846 bits per heavy atom. The van der Waals surface area contributed by atoms with Crippen LogP contribution in [0, 0.1) is 5.92 Å². The van der Waals surface area contributed by atoms with Crippen LogP contribution in [0.5, 0.6) is 0 Å². The van der Waals surface area contributed by atoms with Gasteiger partial charge in [-0.1, -0.05) is 109 Å². The Bertz CT molecular complexity index is 1030. The molecule has 0 N–H and O–H groups in total. The second-order valence-electron chi connectivity index (χ2n) is 13.6. The molecule has 7 heteroatoms. The van der Waals surface area contributed by atoms with Crippen LogP contribution in [0.3, 0.4) is 0 Å². The topological polar surface area (TPSA) is 48.0 Å². The van der Waals surface area contributed by atoms with Gasteiger partial charge >= 0.3 is 6.09 Å².